The Labute approximate surface area is 169 Å². The number of hydrogen-bond acceptors (Lipinski definition) is 8. The Morgan fingerprint density at radius 2 is 1.73 bits per heavy atom. The van der Waals surface area contributed by atoms with Crippen molar-refractivity contribution in [2.45, 2.75) is 6.92 Å². The third kappa shape index (κ3) is 3.30. The molecule has 0 saturated heterocycles. The number of fused-ring (bicyclic) bond motifs is 2. The SMILES string of the molecule is Cc1[nH]c2ccccc2c1/C=N\Nc1nc2nonc2nc1Nc1ccc(F)cc1. The van der Waals surface area contributed by atoms with E-state index >= 15 is 0 Å². The second-order valence-corrected chi connectivity index (χ2v) is 6.54. The molecule has 0 radical (unpaired) electrons. The molecule has 3 aromatic heterocycles. The lowest BCUT2D eigenvalue weighted by molar-refractivity contribution is 0.314. The lowest BCUT2D eigenvalue weighted by Crippen LogP contribution is -2.03. The summed E-state index contributed by atoms with van der Waals surface area (Å²) >= 11 is 0. The molecule has 5 aromatic rings. The van der Waals surface area contributed by atoms with Crippen LogP contribution in [0.1, 0.15) is 11.3 Å². The molecule has 0 unspecified atom stereocenters. The molecule has 2 aromatic carbocycles. The first-order valence-corrected chi connectivity index (χ1v) is 9.06. The standard InChI is InChI=1S/C20H15FN8O/c1-11-15(14-4-2-3-5-16(14)23-11)10-22-27-18-17(24-13-8-6-12(21)7-9-13)25-19-20(26-18)29-30-28-19/h2-10,23H,1H3,(H,24,25,28)(H,26,27,29)/b22-10-. The Morgan fingerprint density at radius 3 is 2.53 bits per heavy atom. The van der Waals surface area contributed by atoms with E-state index in [2.05, 4.69) is 41.1 Å². The van der Waals surface area contributed by atoms with Crippen LogP contribution in [0.25, 0.3) is 22.2 Å². The summed E-state index contributed by atoms with van der Waals surface area (Å²) in [6.07, 6.45) is 1.71. The molecule has 0 aliphatic carbocycles. The normalized spacial score (nSPS) is 11.5. The first-order chi connectivity index (χ1) is 14.7. The van der Waals surface area contributed by atoms with Gasteiger partial charge in [-0.05, 0) is 47.6 Å². The first kappa shape index (κ1) is 17.7. The average molecular weight is 402 g/mol. The number of benzene rings is 2. The summed E-state index contributed by atoms with van der Waals surface area (Å²) in [5.74, 6) is 0.328. The van der Waals surface area contributed by atoms with Gasteiger partial charge in [-0.2, -0.15) is 10.1 Å². The molecule has 10 heteroatoms. The van der Waals surface area contributed by atoms with Gasteiger partial charge in [0.15, 0.2) is 11.6 Å². The number of halogens is 1. The number of hydrogen-bond donors (Lipinski definition) is 3. The number of rotatable bonds is 5. The van der Waals surface area contributed by atoms with Gasteiger partial charge in [0.1, 0.15) is 5.82 Å². The van der Waals surface area contributed by atoms with Gasteiger partial charge >= 0.3 is 0 Å². The Morgan fingerprint density at radius 1 is 1.00 bits per heavy atom. The van der Waals surface area contributed by atoms with Gasteiger partial charge in [-0.1, -0.05) is 18.2 Å². The van der Waals surface area contributed by atoms with Crippen molar-refractivity contribution in [3.8, 4) is 0 Å². The molecule has 30 heavy (non-hydrogen) atoms. The van der Waals surface area contributed by atoms with Crippen LogP contribution in [0.3, 0.4) is 0 Å². The van der Waals surface area contributed by atoms with Crippen molar-refractivity contribution in [1.82, 2.24) is 25.3 Å². The van der Waals surface area contributed by atoms with Crippen LogP contribution >= 0.6 is 0 Å². The molecule has 3 heterocycles. The number of anilines is 3. The second-order valence-electron chi connectivity index (χ2n) is 6.54. The van der Waals surface area contributed by atoms with Gasteiger partial charge in [0.2, 0.25) is 11.3 Å². The summed E-state index contributed by atoms with van der Waals surface area (Å²) < 4.78 is 17.9. The second kappa shape index (κ2) is 7.24. The summed E-state index contributed by atoms with van der Waals surface area (Å²) in [6, 6.07) is 13.8. The van der Waals surface area contributed by atoms with Gasteiger partial charge in [-0.3, -0.25) is 5.43 Å². The van der Waals surface area contributed by atoms with E-state index in [1.54, 1.807) is 18.3 Å². The van der Waals surface area contributed by atoms with Crippen LogP contribution in [0.5, 0.6) is 0 Å². The van der Waals surface area contributed by atoms with Crippen molar-refractivity contribution in [1.29, 1.82) is 0 Å². The average Bonchev–Trinajstić information content (AvgIpc) is 3.33. The maximum Gasteiger partial charge on any atom is 0.245 e. The highest BCUT2D eigenvalue weighted by atomic mass is 19.1. The number of para-hydroxylation sites is 1. The van der Waals surface area contributed by atoms with E-state index in [1.807, 2.05) is 31.2 Å². The van der Waals surface area contributed by atoms with Gasteiger partial charge in [-0.15, -0.1) is 0 Å². The van der Waals surface area contributed by atoms with E-state index in [-0.39, 0.29) is 17.1 Å². The van der Waals surface area contributed by atoms with Crippen LogP contribution in [-0.2, 0) is 0 Å². The lowest BCUT2D eigenvalue weighted by atomic mass is 10.1. The summed E-state index contributed by atoms with van der Waals surface area (Å²) in [5, 5.41) is 15.9. The minimum atomic E-state index is -0.333. The number of aromatic amines is 1. The highest BCUT2D eigenvalue weighted by molar-refractivity contribution is 6.00. The van der Waals surface area contributed by atoms with Gasteiger partial charge in [0.05, 0.1) is 6.21 Å². The molecule has 0 aliphatic heterocycles. The number of hydrazone groups is 1. The monoisotopic (exact) mass is 402 g/mol. The van der Waals surface area contributed by atoms with E-state index in [0.29, 0.717) is 17.3 Å². The zero-order chi connectivity index (χ0) is 20.5. The highest BCUT2D eigenvalue weighted by Crippen LogP contribution is 2.24. The van der Waals surface area contributed by atoms with Crippen LogP contribution in [0.4, 0.5) is 21.7 Å². The van der Waals surface area contributed by atoms with Crippen LogP contribution in [0, 0.1) is 12.7 Å². The Balaban J connectivity index is 1.47. The summed E-state index contributed by atoms with van der Waals surface area (Å²) in [4.78, 5) is 12.0. The molecule has 9 nitrogen and oxygen atoms in total. The Kier molecular flexibility index (Phi) is 4.28. The molecule has 5 rings (SSSR count). The van der Waals surface area contributed by atoms with Crippen molar-refractivity contribution < 1.29 is 9.02 Å². The number of nitrogens with one attached hydrogen (secondary N) is 3. The molecule has 0 fully saturated rings. The minimum absolute atomic E-state index is 0.237. The Hall–Kier alpha value is -4.34. The summed E-state index contributed by atoms with van der Waals surface area (Å²) in [6.45, 7) is 1.98. The van der Waals surface area contributed by atoms with Crippen molar-refractivity contribution in [2.75, 3.05) is 10.7 Å². The Bertz CT molecular complexity index is 1370. The van der Waals surface area contributed by atoms with Crippen molar-refractivity contribution in [3.63, 3.8) is 0 Å². The summed E-state index contributed by atoms with van der Waals surface area (Å²) in [7, 11) is 0. The third-order valence-electron chi connectivity index (χ3n) is 4.53. The number of aromatic nitrogens is 5. The van der Waals surface area contributed by atoms with Crippen LogP contribution in [0.2, 0.25) is 0 Å². The van der Waals surface area contributed by atoms with E-state index in [9.17, 15) is 4.39 Å². The number of aryl methyl sites for hydroxylation is 1. The fraction of sp³-hybridized carbons (Fsp3) is 0.0500. The van der Waals surface area contributed by atoms with E-state index < -0.39 is 0 Å². The molecule has 0 saturated carbocycles. The summed E-state index contributed by atoms with van der Waals surface area (Å²) in [5.41, 5.74) is 6.98. The number of H-pyrrole nitrogens is 1. The smallest absolute Gasteiger partial charge is 0.245 e. The van der Waals surface area contributed by atoms with E-state index in [0.717, 1.165) is 22.2 Å². The highest BCUT2D eigenvalue weighted by Gasteiger charge is 2.13. The molecule has 148 valence electrons. The van der Waals surface area contributed by atoms with E-state index in [4.69, 9.17) is 4.63 Å². The van der Waals surface area contributed by atoms with E-state index in [1.165, 1.54) is 12.1 Å². The van der Waals surface area contributed by atoms with Gasteiger partial charge < -0.3 is 10.3 Å². The minimum Gasteiger partial charge on any atom is -0.358 e. The molecule has 0 spiro atoms. The lowest BCUT2D eigenvalue weighted by Gasteiger charge is -2.09. The van der Waals surface area contributed by atoms with Crippen LogP contribution in [-0.4, -0.2) is 31.5 Å². The quantitative estimate of drug-likeness (QED) is 0.299. The zero-order valence-corrected chi connectivity index (χ0v) is 15.7. The fourth-order valence-electron chi connectivity index (χ4n) is 3.10. The fourth-order valence-corrected chi connectivity index (χ4v) is 3.10. The predicted molar refractivity (Wildman–Crippen MR) is 111 cm³/mol. The van der Waals surface area contributed by atoms with Crippen LogP contribution in [0.15, 0.2) is 58.3 Å². The maximum atomic E-state index is 13.2. The molecule has 0 bridgehead atoms. The molecule has 0 atom stereocenters. The molecular formula is C20H15FN8O. The van der Waals surface area contributed by atoms with Crippen molar-refractivity contribution in [3.05, 3.63) is 65.6 Å². The van der Waals surface area contributed by atoms with Crippen molar-refractivity contribution in [2.24, 2.45) is 5.10 Å². The van der Waals surface area contributed by atoms with Gasteiger partial charge in [-0.25, -0.2) is 14.0 Å². The molecule has 3 N–H and O–H groups in total. The topological polar surface area (TPSA) is 117 Å². The molecule has 0 aliphatic rings. The first-order valence-electron chi connectivity index (χ1n) is 9.06. The maximum absolute atomic E-state index is 13.2. The third-order valence-corrected chi connectivity index (χ3v) is 4.53. The van der Waals surface area contributed by atoms with Crippen LogP contribution < -0.4 is 10.7 Å². The number of nitrogens with zero attached hydrogens (tertiary/aromatic N) is 5. The predicted octanol–water partition coefficient (Wildman–Crippen LogP) is 4.13. The molecular weight excluding hydrogens is 387 g/mol. The van der Waals surface area contributed by atoms with Gasteiger partial charge in [0.25, 0.3) is 0 Å². The van der Waals surface area contributed by atoms with Gasteiger partial charge in [0, 0.05) is 27.8 Å². The zero-order valence-electron chi connectivity index (χ0n) is 15.7. The molecule has 0 amide bonds. The van der Waals surface area contributed by atoms with Crippen molar-refractivity contribution >= 4 is 45.7 Å². The largest absolute Gasteiger partial charge is 0.358 e.